The molecule has 1 aromatic heterocycles. The van der Waals surface area contributed by atoms with Crippen LogP contribution in [0.3, 0.4) is 0 Å². The Kier molecular flexibility index (Phi) is 4.97. The first-order valence-electron chi connectivity index (χ1n) is 6.88. The van der Waals surface area contributed by atoms with Crippen LogP contribution in [0.1, 0.15) is 29.9 Å². The van der Waals surface area contributed by atoms with Gasteiger partial charge in [-0.1, -0.05) is 6.07 Å². The molecule has 21 heavy (non-hydrogen) atoms. The van der Waals surface area contributed by atoms with Gasteiger partial charge in [-0.25, -0.2) is 0 Å². The lowest BCUT2D eigenvalue weighted by Gasteiger charge is -2.27. The number of hydrogen-bond acceptors (Lipinski definition) is 5. The third kappa shape index (κ3) is 3.81. The van der Waals surface area contributed by atoms with E-state index in [-0.39, 0.29) is 24.5 Å². The van der Waals surface area contributed by atoms with E-state index in [1.165, 1.54) is 11.3 Å². The second-order valence-corrected chi connectivity index (χ2v) is 6.20. The van der Waals surface area contributed by atoms with Gasteiger partial charge in [0.2, 0.25) is 5.91 Å². The van der Waals surface area contributed by atoms with E-state index < -0.39 is 11.6 Å². The zero-order valence-electron chi connectivity index (χ0n) is 12.1. The molecule has 2 rings (SSSR count). The highest BCUT2D eigenvalue weighted by molar-refractivity contribution is 7.12. The fourth-order valence-corrected chi connectivity index (χ4v) is 2.76. The minimum absolute atomic E-state index is 0.117. The number of thiophene rings is 1. The first kappa shape index (κ1) is 15.9. The second kappa shape index (κ2) is 6.55. The highest BCUT2D eigenvalue weighted by atomic mass is 32.1. The van der Waals surface area contributed by atoms with E-state index >= 15 is 0 Å². The molecule has 3 unspecified atom stereocenters. The summed E-state index contributed by atoms with van der Waals surface area (Å²) in [6, 6.07) is 2.81. The molecule has 1 saturated heterocycles. The number of aliphatic hydroxyl groups is 1. The molecule has 1 aliphatic rings. The van der Waals surface area contributed by atoms with Crippen LogP contribution in [0.2, 0.25) is 0 Å². The fourth-order valence-electron chi connectivity index (χ4n) is 2.14. The molecule has 0 spiro atoms. The summed E-state index contributed by atoms with van der Waals surface area (Å²) in [7, 11) is 0. The quantitative estimate of drug-likeness (QED) is 0.740. The summed E-state index contributed by atoms with van der Waals surface area (Å²) in [5.41, 5.74) is -1.03. The van der Waals surface area contributed by atoms with E-state index in [0.29, 0.717) is 17.9 Å². The molecule has 2 heterocycles. The predicted octanol–water partition coefficient (Wildman–Crippen LogP) is 0.522. The van der Waals surface area contributed by atoms with Crippen molar-refractivity contribution in [3.63, 3.8) is 0 Å². The van der Waals surface area contributed by atoms with Crippen LogP contribution < -0.4 is 10.6 Å². The van der Waals surface area contributed by atoms with E-state index in [9.17, 15) is 14.7 Å². The Bertz CT molecular complexity index is 505. The lowest BCUT2D eigenvalue weighted by Crippen LogP contribution is -2.52. The number of carbonyl (C=O) groups is 2. The standard InChI is InChI=1S/C14H20N2O4S/c1-9(16-13(18)11-4-3-7-21-11)12(17)15-8-14(19)5-6-20-10(14)2/h3-4,7,9-10,19H,5-6,8H2,1-2H3,(H,15,17)(H,16,18). The average molecular weight is 312 g/mol. The maximum Gasteiger partial charge on any atom is 0.261 e. The van der Waals surface area contributed by atoms with Crippen LogP contribution in [0, 0.1) is 0 Å². The van der Waals surface area contributed by atoms with Gasteiger partial charge >= 0.3 is 0 Å². The first-order chi connectivity index (χ1) is 9.92. The van der Waals surface area contributed by atoms with Crippen LogP contribution >= 0.6 is 11.3 Å². The number of amides is 2. The van der Waals surface area contributed by atoms with Gasteiger partial charge in [-0.15, -0.1) is 11.3 Å². The smallest absolute Gasteiger partial charge is 0.261 e. The minimum Gasteiger partial charge on any atom is -0.385 e. The summed E-state index contributed by atoms with van der Waals surface area (Å²) in [4.78, 5) is 24.4. The molecule has 1 aromatic rings. The van der Waals surface area contributed by atoms with Crippen LogP contribution in [-0.4, -0.2) is 47.8 Å². The van der Waals surface area contributed by atoms with Crippen molar-refractivity contribution in [2.75, 3.05) is 13.2 Å². The van der Waals surface area contributed by atoms with Crippen LogP contribution in [0.25, 0.3) is 0 Å². The number of hydrogen-bond donors (Lipinski definition) is 3. The van der Waals surface area contributed by atoms with E-state index in [1.807, 2.05) is 0 Å². The topological polar surface area (TPSA) is 87.7 Å². The minimum atomic E-state index is -1.03. The number of carbonyl (C=O) groups excluding carboxylic acids is 2. The molecule has 3 N–H and O–H groups in total. The molecule has 6 nitrogen and oxygen atoms in total. The first-order valence-corrected chi connectivity index (χ1v) is 7.76. The SMILES string of the molecule is CC(NC(=O)c1cccs1)C(=O)NCC1(O)CCOC1C. The average Bonchev–Trinajstić information content (AvgIpc) is 3.08. The molecule has 0 aromatic carbocycles. The number of ether oxygens (including phenoxy) is 1. The molecule has 1 fully saturated rings. The molecular formula is C14H20N2O4S. The maximum atomic E-state index is 12.0. The van der Waals surface area contributed by atoms with Crippen molar-refractivity contribution in [1.82, 2.24) is 10.6 Å². The molecule has 0 bridgehead atoms. The zero-order chi connectivity index (χ0) is 15.5. The van der Waals surface area contributed by atoms with Gasteiger partial charge in [0.1, 0.15) is 11.6 Å². The molecule has 3 atom stereocenters. The van der Waals surface area contributed by atoms with Gasteiger partial charge in [-0.3, -0.25) is 9.59 Å². The van der Waals surface area contributed by atoms with Crippen molar-refractivity contribution in [3.8, 4) is 0 Å². The third-order valence-electron chi connectivity index (χ3n) is 3.71. The molecule has 1 aliphatic heterocycles. The van der Waals surface area contributed by atoms with Crippen molar-refractivity contribution >= 4 is 23.2 Å². The summed E-state index contributed by atoms with van der Waals surface area (Å²) in [6.45, 7) is 3.99. The van der Waals surface area contributed by atoms with Crippen molar-refractivity contribution in [1.29, 1.82) is 0 Å². The Morgan fingerprint density at radius 1 is 1.62 bits per heavy atom. The van der Waals surface area contributed by atoms with Gasteiger partial charge in [0.05, 0.1) is 11.0 Å². The number of nitrogens with one attached hydrogen (secondary N) is 2. The summed E-state index contributed by atoms with van der Waals surface area (Å²) in [5, 5.41) is 17.4. The van der Waals surface area contributed by atoms with Gasteiger partial charge < -0.3 is 20.5 Å². The van der Waals surface area contributed by atoms with Crippen LogP contribution in [0.5, 0.6) is 0 Å². The molecular weight excluding hydrogens is 292 g/mol. The van der Waals surface area contributed by atoms with Gasteiger partial charge in [-0.05, 0) is 25.3 Å². The van der Waals surface area contributed by atoms with Crippen molar-refractivity contribution in [3.05, 3.63) is 22.4 Å². The Balaban J connectivity index is 1.81. The second-order valence-electron chi connectivity index (χ2n) is 5.26. The molecule has 0 radical (unpaired) electrons. The molecule has 2 amide bonds. The van der Waals surface area contributed by atoms with Crippen LogP contribution in [0.4, 0.5) is 0 Å². The van der Waals surface area contributed by atoms with Crippen LogP contribution in [-0.2, 0) is 9.53 Å². The normalized spacial score (nSPS) is 26.3. The molecule has 0 aliphatic carbocycles. The summed E-state index contributed by atoms with van der Waals surface area (Å²) in [6.07, 6.45) is 0.179. The van der Waals surface area contributed by atoms with Gasteiger partial charge in [0.15, 0.2) is 0 Å². The summed E-state index contributed by atoms with van der Waals surface area (Å²) in [5.74, 6) is -0.601. The Labute approximate surface area is 127 Å². The highest BCUT2D eigenvalue weighted by Gasteiger charge is 2.39. The van der Waals surface area contributed by atoms with E-state index in [2.05, 4.69) is 10.6 Å². The zero-order valence-corrected chi connectivity index (χ0v) is 12.9. The van der Waals surface area contributed by atoms with Gasteiger partial charge in [-0.2, -0.15) is 0 Å². The summed E-state index contributed by atoms with van der Waals surface area (Å²) >= 11 is 1.32. The van der Waals surface area contributed by atoms with Crippen molar-refractivity contribution < 1.29 is 19.4 Å². The number of rotatable bonds is 5. The van der Waals surface area contributed by atoms with E-state index in [4.69, 9.17) is 4.74 Å². The molecule has 7 heteroatoms. The Hall–Kier alpha value is -1.44. The fraction of sp³-hybridized carbons (Fsp3) is 0.571. The third-order valence-corrected chi connectivity index (χ3v) is 4.58. The maximum absolute atomic E-state index is 12.0. The Morgan fingerprint density at radius 2 is 2.38 bits per heavy atom. The van der Waals surface area contributed by atoms with E-state index in [0.717, 1.165) is 0 Å². The van der Waals surface area contributed by atoms with Gasteiger partial charge in [0.25, 0.3) is 5.91 Å². The van der Waals surface area contributed by atoms with Crippen molar-refractivity contribution in [2.45, 2.75) is 38.0 Å². The van der Waals surface area contributed by atoms with E-state index in [1.54, 1.807) is 31.4 Å². The molecule has 116 valence electrons. The predicted molar refractivity (Wildman–Crippen MR) is 79.2 cm³/mol. The van der Waals surface area contributed by atoms with Crippen molar-refractivity contribution in [2.24, 2.45) is 0 Å². The van der Waals surface area contributed by atoms with Gasteiger partial charge in [0, 0.05) is 19.6 Å². The summed E-state index contributed by atoms with van der Waals surface area (Å²) < 4.78 is 5.31. The molecule has 0 saturated carbocycles. The van der Waals surface area contributed by atoms with Crippen LogP contribution in [0.15, 0.2) is 17.5 Å². The lowest BCUT2D eigenvalue weighted by atomic mass is 9.96. The Morgan fingerprint density at radius 3 is 2.95 bits per heavy atom. The monoisotopic (exact) mass is 312 g/mol. The largest absolute Gasteiger partial charge is 0.385 e. The lowest BCUT2D eigenvalue weighted by molar-refractivity contribution is -0.124. The highest BCUT2D eigenvalue weighted by Crippen LogP contribution is 2.24.